The Morgan fingerprint density at radius 2 is 1.96 bits per heavy atom. The molecule has 27 heavy (non-hydrogen) atoms. The third-order valence-corrected chi connectivity index (χ3v) is 5.73. The fourth-order valence-electron chi connectivity index (χ4n) is 3.93. The molecular weight excluding hydrogens is 348 g/mol. The molecular formula is C20H32N2O5. The lowest BCUT2D eigenvalue weighted by atomic mass is 9.79. The van der Waals surface area contributed by atoms with Gasteiger partial charge in [0.05, 0.1) is 6.10 Å². The van der Waals surface area contributed by atoms with E-state index in [-0.39, 0.29) is 18.2 Å². The fraction of sp³-hybridized carbons (Fsp3) is 0.750. The summed E-state index contributed by atoms with van der Waals surface area (Å²) in [6.07, 6.45) is 9.77. The van der Waals surface area contributed by atoms with E-state index in [1.807, 2.05) is 12.2 Å². The van der Waals surface area contributed by atoms with E-state index in [2.05, 4.69) is 12.2 Å². The monoisotopic (exact) mass is 380 g/mol. The van der Waals surface area contributed by atoms with Crippen LogP contribution in [0, 0.1) is 11.8 Å². The van der Waals surface area contributed by atoms with Gasteiger partial charge >= 0.3 is 12.0 Å². The smallest absolute Gasteiger partial charge is 0.324 e. The van der Waals surface area contributed by atoms with E-state index in [9.17, 15) is 19.5 Å². The zero-order chi connectivity index (χ0) is 19.8. The Labute approximate surface area is 160 Å². The zero-order valence-corrected chi connectivity index (χ0v) is 16.1. The van der Waals surface area contributed by atoms with Crippen LogP contribution in [0.4, 0.5) is 4.79 Å². The number of hydrogen-bond acceptors (Lipinski definition) is 4. The standard InChI is InChI=1S/C20H32N2O5/c1-14-8-10-15(11-9-14)17(23)12-13-22-16(19(26)21-20(22)27)6-4-2-3-5-7-18(24)25/h2,4,14-17,23H,3,5-13H2,1H3,(H,24,25)(H,21,26,27)/b4-2-/t14-,15-,16?,17?. The molecule has 2 fully saturated rings. The summed E-state index contributed by atoms with van der Waals surface area (Å²) in [5.41, 5.74) is 0. The molecule has 2 rings (SSSR count). The number of urea groups is 1. The SMILES string of the molecule is C[C@H]1CC[C@H](C(O)CCN2C(=O)NC(=O)C2C/C=C\CCCC(=O)O)CC1. The molecule has 0 aromatic heterocycles. The van der Waals surface area contributed by atoms with Gasteiger partial charge in [-0.05, 0) is 50.4 Å². The second kappa shape index (κ2) is 10.4. The topological polar surface area (TPSA) is 107 Å². The first-order valence-corrected chi connectivity index (χ1v) is 10.0. The van der Waals surface area contributed by atoms with Crippen molar-refractivity contribution in [3.05, 3.63) is 12.2 Å². The summed E-state index contributed by atoms with van der Waals surface area (Å²) in [6, 6.07) is -0.944. The molecule has 1 saturated carbocycles. The number of aliphatic hydroxyl groups is 1. The van der Waals surface area contributed by atoms with Crippen LogP contribution in [0.5, 0.6) is 0 Å². The highest BCUT2D eigenvalue weighted by Gasteiger charge is 2.37. The van der Waals surface area contributed by atoms with Crippen molar-refractivity contribution in [2.45, 2.75) is 76.9 Å². The molecule has 0 spiro atoms. The van der Waals surface area contributed by atoms with Gasteiger partial charge in [0, 0.05) is 13.0 Å². The molecule has 0 bridgehead atoms. The molecule has 0 radical (unpaired) electrons. The first kappa shape index (κ1) is 21.4. The minimum atomic E-state index is -0.818. The quantitative estimate of drug-likeness (QED) is 0.307. The highest BCUT2D eigenvalue weighted by Crippen LogP contribution is 2.31. The zero-order valence-electron chi connectivity index (χ0n) is 16.1. The number of hydrogen-bond donors (Lipinski definition) is 3. The number of imide groups is 1. The molecule has 1 aliphatic heterocycles. The van der Waals surface area contributed by atoms with E-state index in [0.717, 1.165) is 31.6 Å². The largest absolute Gasteiger partial charge is 0.481 e. The van der Waals surface area contributed by atoms with E-state index in [0.29, 0.717) is 32.2 Å². The molecule has 7 nitrogen and oxygen atoms in total. The van der Waals surface area contributed by atoms with E-state index in [1.54, 1.807) is 0 Å². The van der Waals surface area contributed by atoms with Gasteiger partial charge in [0.25, 0.3) is 5.91 Å². The summed E-state index contributed by atoms with van der Waals surface area (Å²) in [4.78, 5) is 36.1. The summed E-state index contributed by atoms with van der Waals surface area (Å²) < 4.78 is 0. The third kappa shape index (κ3) is 6.65. The van der Waals surface area contributed by atoms with Crippen molar-refractivity contribution in [2.24, 2.45) is 11.8 Å². The number of unbranched alkanes of at least 4 members (excludes halogenated alkanes) is 1. The predicted octanol–water partition coefficient (Wildman–Crippen LogP) is 2.69. The van der Waals surface area contributed by atoms with Crippen LogP contribution in [0.2, 0.25) is 0 Å². The summed E-state index contributed by atoms with van der Waals surface area (Å²) in [5.74, 6) is -0.116. The molecule has 3 amide bonds. The summed E-state index contributed by atoms with van der Waals surface area (Å²) in [6.45, 7) is 2.60. The van der Waals surface area contributed by atoms with Crippen molar-refractivity contribution in [2.75, 3.05) is 6.54 Å². The molecule has 1 heterocycles. The number of carbonyl (C=O) groups is 3. The first-order valence-electron chi connectivity index (χ1n) is 10.0. The van der Waals surface area contributed by atoms with Crippen molar-refractivity contribution in [1.29, 1.82) is 0 Å². The summed E-state index contributed by atoms with van der Waals surface area (Å²) >= 11 is 0. The lowest BCUT2D eigenvalue weighted by molar-refractivity contribution is -0.137. The molecule has 1 saturated heterocycles. The van der Waals surface area contributed by atoms with Gasteiger partial charge in [-0.3, -0.25) is 14.9 Å². The third-order valence-electron chi connectivity index (χ3n) is 5.73. The molecule has 2 unspecified atom stereocenters. The second-order valence-electron chi connectivity index (χ2n) is 7.87. The van der Waals surface area contributed by atoms with E-state index in [4.69, 9.17) is 5.11 Å². The van der Waals surface area contributed by atoms with Crippen LogP contribution in [0.25, 0.3) is 0 Å². The Morgan fingerprint density at radius 1 is 1.26 bits per heavy atom. The number of carbonyl (C=O) groups excluding carboxylic acids is 2. The van der Waals surface area contributed by atoms with Crippen molar-refractivity contribution >= 4 is 17.9 Å². The average Bonchev–Trinajstić information content (AvgIpc) is 2.89. The number of nitrogens with zero attached hydrogens (tertiary/aromatic N) is 1. The summed E-state index contributed by atoms with van der Waals surface area (Å²) in [5, 5.41) is 21.4. The van der Waals surface area contributed by atoms with E-state index >= 15 is 0 Å². The van der Waals surface area contributed by atoms with Gasteiger partial charge < -0.3 is 15.1 Å². The van der Waals surface area contributed by atoms with Gasteiger partial charge in [0.15, 0.2) is 0 Å². The highest BCUT2D eigenvalue weighted by molar-refractivity contribution is 6.04. The van der Waals surface area contributed by atoms with Gasteiger partial charge in [0.2, 0.25) is 0 Å². The van der Waals surface area contributed by atoms with E-state index < -0.39 is 24.1 Å². The van der Waals surface area contributed by atoms with Crippen molar-refractivity contribution in [3.63, 3.8) is 0 Å². The Morgan fingerprint density at radius 3 is 2.63 bits per heavy atom. The maximum atomic E-state index is 12.1. The molecule has 3 N–H and O–H groups in total. The molecule has 7 heteroatoms. The average molecular weight is 380 g/mol. The molecule has 2 aliphatic rings. The van der Waals surface area contributed by atoms with Gasteiger partial charge in [0.1, 0.15) is 6.04 Å². The number of aliphatic carboxylic acids is 1. The van der Waals surface area contributed by atoms with Crippen LogP contribution in [-0.2, 0) is 9.59 Å². The van der Waals surface area contributed by atoms with Gasteiger partial charge in [-0.25, -0.2) is 4.79 Å². The minimum Gasteiger partial charge on any atom is -0.481 e. The lowest BCUT2D eigenvalue weighted by Crippen LogP contribution is -2.38. The highest BCUT2D eigenvalue weighted by atomic mass is 16.4. The Hall–Kier alpha value is -1.89. The normalized spacial score (nSPS) is 27.2. The van der Waals surface area contributed by atoms with Crippen LogP contribution < -0.4 is 5.32 Å². The predicted molar refractivity (Wildman–Crippen MR) is 101 cm³/mol. The Balaban J connectivity index is 1.78. The maximum absolute atomic E-state index is 12.1. The van der Waals surface area contributed by atoms with Crippen molar-refractivity contribution in [3.8, 4) is 0 Å². The minimum absolute atomic E-state index is 0.122. The number of allylic oxidation sites excluding steroid dienone is 1. The second-order valence-corrected chi connectivity index (χ2v) is 7.87. The van der Waals surface area contributed by atoms with Crippen LogP contribution in [-0.4, -0.2) is 51.7 Å². The van der Waals surface area contributed by atoms with Crippen LogP contribution >= 0.6 is 0 Å². The Kier molecular flexibility index (Phi) is 8.28. The first-order chi connectivity index (χ1) is 12.9. The Bertz CT molecular complexity index is 555. The fourth-order valence-corrected chi connectivity index (χ4v) is 3.93. The number of carboxylic acid groups (broad SMARTS) is 1. The van der Waals surface area contributed by atoms with Gasteiger partial charge in [-0.15, -0.1) is 0 Å². The number of carboxylic acids is 1. The number of aliphatic hydroxyl groups excluding tert-OH is 1. The maximum Gasteiger partial charge on any atom is 0.324 e. The van der Waals surface area contributed by atoms with Crippen molar-refractivity contribution in [1.82, 2.24) is 10.2 Å². The molecule has 0 aromatic carbocycles. The lowest BCUT2D eigenvalue weighted by Gasteiger charge is -2.31. The molecule has 152 valence electrons. The molecule has 1 aliphatic carbocycles. The number of rotatable bonds is 10. The molecule has 0 aromatic rings. The summed E-state index contributed by atoms with van der Waals surface area (Å²) in [7, 11) is 0. The van der Waals surface area contributed by atoms with Crippen molar-refractivity contribution < 1.29 is 24.6 Å². The van der Waals surface area contributed by atoms with E-state index in [1.165, 1.54) is 4.90 Å². The van der Waals surface area contributed by atoms with Gasteiger partial charge in [-0.2, -0.15) is 0 Å². The number of amides is 3. The number of nitrogens with one attached hydrogen (secondary N) is 1. The van der Waals surface area contributed by atoms with Crippen LogP contribution in [0.1, 0.15) is 64.7 Å². The van der Waals surface area contributed by atoms with Crippen LogP contribution in [0.15, 0.2) is 12.2 Å². The molecule has 2 atom stereocenters. The van der Waals surface area contributed by atoms with Crippen LogP contribution in [0.3, 0.4) is 0 Å². The van der Waals surface area contributed by atoms with Gasteiger partial charge in [-0.1, -0.05) is 31.9 Å².